The van der Waals surface area contributed by atoms with E-state index < -0.39 is 5.97 Å². The molecular weight excluding hydrogens is 366 g/mol. The molecule has 0 aliphatic carbocycles. The highest BCUT2D eigenvalue weighted by molar-refractivity contribution is 5.96. The molecule has 0 aliphatic rings. The molecule has 0 saturated carbocycles. The summed E-state index contributed by atoms with van der Waals surface area (Å²) < 4.78 is 5.28. The third-order valence-corrected chi connectivity index (χ3v) is 4.32. The zero-order valence-electron chi connectivity index (χ0n) is 16.6. The van der Waals surface area contributed by atoms with Crippen LogP contribution in [0.1, 0.15) is 35.3 Å². The standard InChI is InChI=1S/C23H25N3O3/c1-4-14-26(5-2)23(28)19-8-6-17(7-9-19)16(3)15-21(27)29-20-12-10-18(11-13-20)22(24)25/h4,6-13,15H,1,5,14H2,2-3H3,(H3,24,25)/b16-15+. The maximum atomic E-state index is 12.5. The van der Waals surface area contributed by atoms with E-state index in [0.717, 1.165) is 5.56 Å². The number of ether oxygens (including phenoxy) is 1. The number of benzene rings is 2. The molecule has 0 bridgehead atoms. The highest BCUT2D eigenvalue weighted by Gasteiger charge is 2.13. The average molecular weight is 391 g/mol. The summed E-state index contributed by atoms with van der Waals surface area (Å²) in [6.45, 7) is 8.49. The first-order valence-electron chi connectivity index (χ1n) is 9.20. The first-order chi connectivity index (χ1) is 13.8. The molecule has 0 heterocycles. The van der Waals surface area contributed by atoms with Gasteiger partial charge >= 0.3 is 5.97 Å². The average Bonchev–Trinajstić information content (AvgIpc) is 2.71. The van der Waals surface area contributed by atoms with Gasteiger partial charge in [0.2, 0.25) is 0 Å². The second-order valence-electron chi connectivity index (χ2n) is 6.40. The normalized spacial score (nSPS) is 10.9. The summed E-state index contributed by atoms with van der Waals surface area (Å²) in [5.74, 6) is -0.255. The minimum atomic E-state index is -0.513. The van der Waals surface area contributed by atoms with Crippen molar-refractivity contribution in [3.05, 3.63) is 84.0 Å². The Bertz CT molecular complexity index is 929. The van der Waals surface area contributed by atoms with Crippen LogP contribution in [0.3, 0.4) is 0 Å². The number of nitrogens with zero attached hydrogens (tertiary/aromatic N) is 1. The molecule has 0 fully saturated rings. The Kier molecular flexibility index (Phi) is 7.48. The second-order valence-corrected chi connectivity index (χ2v) is 6.40. The van der Waals surface area contributed by atoms with E-state index in [-0.39, 0.29) is 11.7 Å². The number of carbonyl (C=O) groups excluding carboxylic acids is 2. The molecule has 0 unspecified atom stereocenters. The monoisotopic (exact) mass is 391 g/mol. The fraction of sp³-hybridized carbons (Fsp3) is 0.174. The maximum absolute atomic E-state index is 12.5. The SMILES string of the molecule is C=CCN(CC)C(=O)c1ccc(/C(C)=C/C(=O)Oc2ccc(C(=N)N)cc2)cc1. The number of hydrogen-bond acceptors (Lipinski definition) is 4. The van der Waals surface area contributed by atoms with Crippen LogP contribution in [0.4, 0.5) is 0 Å². The Morgan fingerprint density at radius 1 is 1.07 bits per heavy atom. The van der Waals surface area contributed by atoms with E-state index in [9.17, 15) is 9.59 Å². The topological polar surface area (TPSA) is 96.5 Å². The predicted molar refractivity (Wildman–Crippen MR) is 115 cm³/mol. The number of carbonyl (C=O) groups is 2. The molecule has 2 aromatic carbocycles. The van der Waals surface area contributed by atoms with E-state index in [1.54, 1.807) is 66.4 Å². The van der Waals surface area contributed by atoms with E-state index in [1.165, 1.54) is 6.08 Å². The van der Waals surface area contributed by atoms with Gasteiger partial charge in [0.25, 0.3) is 5.91 Å². The number of hydrogen-bond donors (Lipinski definition) is 2. The van der Waals surface area contributed by atoms with Crippen LogP contribution in [-0.4, -0.2) is 35.7 Å². The number of nitrogen functional groups attached to an aromatic ring is 1. The van der Waals surface area contributed by atoms with Crippen molar-refractivity contribution in [3.8, 4) is 5.75 Å². The van der Waals surface area contributed by atoms with E-state index in [4.69, 9.17) is 15.9 Å². The minimum Gasteiger partial charge on any atom is -0.423 e. The quantitative estimate of drug-likeness (QED) is 0.179. The smallest absolute Gasteiger partial charge is 0.336 e. The zero-order valence-corrected chi connectivity index (χ0v) is 16.6. The van der Waals surface area contributed by atoms with E-state index in [1.807, 2.05) is 6.92 Å². The summed E-state index contributed by atoms with van der Waals surface area (Å²) >= 11 is 0. The van der Waals surface area contributed by atoms with Gasteiger partial charge in [-0.15, -0.1) is 6.58 Å². The highest BCUT2D eigenvalue weighted by atomic mass is 16.5. The van der Waals surface area contributed by atoms with Crippen molar-refractivity contribution in [2.24, 2.45) is 5.73 Å². The molecule has 0 radical (unpaired) electrons. The summed E-state index contributed by atoms with van der Waals surface area (Å²) in [6, 6.07) is 13.5. The molecule has 29 heavy (non-hydrogen) atoms. The van der Waals surface area contributed by atoms with Gasteiger partial charge < -0.3 is 15.4 Å². The molecule has 3 N–H and O–H groups in total. The highest BCUT2D eigenvalue weighted by Crippen LogP contribution is 2.17. The van der Waals surface area contributed by atoms with Crippen molar-refractivity contribution >= 4 is 23.3 Å². The Morgan fingerprint density at radius 2 is 1.62 bits per heavy atom. The van der Waals surface area contributed by atoms with Gasteiger partial charge in [-0.05, 0) is 61.4 Å². The minimum absolute atomic E-state index is 0.0490. The lowest BCUT2D eigenvalue weighted by atomic mass is 10.0. The van der Waals surface area contributed by atoms with Crippen LogP contribution in [0, 0.1) is 5.41 Å². The van der Waals surface area contributed by atoms with Gasteiger partial charge in [-0.1, -0.05) is 18.2 Å². The van der Waals surface area contributed by atoms with Crippen molar-refractivity contribution < 1.29 is 14.3 Å². The lowest BCUT2D eigenvalue weighted by Crippen LogP contribution is -2.30. The van der Waals surface area contributed by atoms with Crippen molar-refractivity contribution in [1.29, 1.82) is 5.41 Å². The second kappa shape index (κ2) is 10.0. The van der Waals surface area contributed by atoms with Crippen LogP contribution in [0.25, 0.3) is 5.57 Å². The van der Waals surface area contributed by atoms with Gasteiger partial charge in [0.1, 0.15) is 11.6 Å². The van der Waals surface area contributed by atoms with Crippen molar-refractivity contribution in [2.45, 2.75) is 13.8 Å². The third-order valence-electron chi connectivity index (χ3n) is 4.32. The van der Waals surface area contributed by atoms with Gasteiger partial charge in [-0.2, -0.15) is 0 Å². The summed E-state index contributed by atoms with van der Waals surface area (Å²) in [5.41, 5.74) is 8.07. The molecule has 2 aromatic rings. The predicted octanol–water partition coefficient (Wildman–Crippen LogP) is 3.63. The summed E-state index contributed by atoms with van der Waals surface area (Å²) in [7, 11) is 0. The largest absolute Gasteiger partial charge is 0.423 e. The van der Waals surface area contributed by atoms with Crippen LogP contribution in [0.5, 0.6) is 5.75 Å². The molecule has 0 spiro atoms. The van der Waals surface area contributed by atoms with E-state index >= 15 is 0 Å². The lowest BCUT2D eigenvalue weighted by Gasteiger charge is -2.19. The molecular formula is C23H25N3O3. The molecule has 2 rings (SSSR count). The number of esters is 1. The number of amidine groups is 1. The van der Waals surface area contributed by atoms with Gasteiger partial charge in [0.15, 0.2) is 0 Å². The first-order valence-corrected chi connectivity index (χ1v) is 9.20. The molecule has 1 amide bonds. The summed E-state index contributed by atoms with van der Waals surface area (Å²) in [6.07, 6.45) is 3.09. The molecule has 0 aromatic heterocycles. The number of allylic oxidation sites excluding steroid dienone is 1. The third kappa shape index (κ3) is 5.90. The maximum Gasteiger partial charge on any atom is 0.336 e. The van der Waals surface area contributed by atoms with Gasteiger partial charge in [-0.3, -0.25) is 10.2 Å². The Hall–Kier alpha value is -3.67. The summed E-state index contributed by atoms with van der Waals surface area (Å²) in [4.78, 5) is 26.3. The summed E-state index contributed by atoms with van der Waals surface area (Å²) in [5, 5.41) is 7.36. The molecule has 0 aliphatic heterocycles. The fourth-order valence-corrected chi connectivity index (χ4v) is 2.68. The van der Waals surface area contributed by atoms with Crippen molar-refractivity contribution in [1.82, 2.24) is 4.90 Å². The number of nitrogens with two attached hydrogens (primary N) is 1. The molecule has 6 heteroatoms. The number of nitrogens with one attached hydrogen (secondary N) is 1. The van der Waals surface area contributed by atoms with Crippen molar-refractivity contribution in [2.75, 3.05) is 13.1 Å². The number of amides is 1. The number of rotatable bonds is 8. The Labute approximate surface area is 170 Å². The van der Waals surface area contributed by atoms with Crippen molar-refractivity contribution in [3.63, 3.8) is 0 Å². The van der Waals surface area contributed by atoms with E-state index in [2.05, 4.69) is 6.58 Å². The zero-order chi connectivity index (χ0) is 21.4. The molecule has 6 nitrogen and oxygen atoms in total. The molecule has 0 atom stereocenters. The molecule has 150 valence electrons. The van der Waals surface area contributed by atoms with Crippen LogP contribution in [0.15, 0.2) is 67.3 Å². The van der Waals surface area contributed by atoms with Gasteiger partial charge in [-0.25, -0.2) is 4.79 Å². The van der Waals surface area contributed by atoms with E-state index in [0.29, 0.717) is 35.5 Å². The fourth-order valence-electron chi connectivity index (χ4n) is 2.68. The van der Waals surface area contributed by atoms with Crippen LogP contribution in [-0.2, 0) is 4.79 Å². The van der Waals surface area contributed by atoms with Gasteiger partial charge in [0.05, 0.1) is 0 Å². The molecule has 0 saturated heterocycles. The Morgan fingerprint density at radius 3 is 2.14 bits per heavy atom. The van der Waals surface area contributed by atoms with Crippen LogP contribution in [0.2, 0.25) is 0 Å². The lowest BCUT2D eigenvalue weighted by molar-refractivity contribution is -0.128. The Balaban J connectivity index is 2.06. The van der Waals surface area contributed by atoms with Crippen LogP contribution >= 0.6 is 0 Å². The van der Waals surface area contributed by atoms with Gasteiger partial charge in [0, 0.05) is 30.3 Å². The van der Waals surface area contributed by atoms with Crippen LogP contribution < -0.4 is 10.5 Å². The first kappa shape index (κ1) is 21.6. The number of likely N-dealkylation sites (N-methyl/N-ethyl adjacent to an activating group) is 1.